The van der Waals surface area contributed by atoms with Gasteiger partial charge in [-0.05, 0) is 51.5 Å². The van der Waals surface area contributed by atoms with Crippen LogP contribution in [0.25, 0.3) is 22.3 Å². The number of benzene rings is 1. The number of carbonyl (C=O) groups is 1. The van der Waals surface area contributed by atoms with Gasteiger partial charge in [0.1, 0.15) is 22.9 Å². The molecule has 0 saturated carbocycles. The summed E-state index contributed by atoms with van der Waals surface area (Å²) in [5.74, 6) is -0.0919. The number of halogens is 2. The van der Waals surface area contributed by atoms with Gasteiger partial charge in [0.05, 0.1) is 17.3 Å². The van der Waals surface area contributed by atoms with Crippen molar-refractivity contribution < 1.29 is 13.6 Å². The molecule has 6 rings (SSSR count). The number of carbonyl (C=O) groups excluding carboxylic acids is 1. The first-order valence-corrected chi connectivity index (χ1v) is 12.3. The maximum atomic E-state index is 14.9. The second-order valence-electron chi connectivity index (χ2n) is 9.81. The first-order chi connectivity index (χ1) is 17.8. The number of nitrogens with one attached hydrogen (secondary N) is 2. The molecule has 0 aliphatic carbocycles. The van der Waals surface area contributed by atoms with E-state index in [0.717, 1.165) is 25.7 Å². The number of fused-ring (bicyclic) bond motifs is 3. The molecule has 5 heterocycles. The Morgan fingerprint density at radius 3 is 2.54 bits per heavy atom. The fourth-order valence-corrected chi connectivity index (χ4v) is 5.36. The molecule has 4 aromatic rings. The molecule has 3 aromatic heterocycles. The zero-order valence-electron chi connectivity index (χ0n) is 20.7. The quantitative estimate of drug-likeness (QED) is 0.424. The lowest BCUT2D eigenvalue weighted by Crippen LogP contribution is -2.69. The van der Waals surface area contributed by atoms with E-state index in [0.29, 0.717) is 22.7 Å². The number of hydrogen-bond acceptors (Lipinski definition) is 7. The zero-order valence-corrected chi connectivity index (χ0v) is 20.7. The highest BCUT2D eigenvalue weighted by Gasteiger charge is 2.44. The number of aromatic nitrogens is 5. The summed E-state index contributed by atoms with van der Waals surface area (Å²) in [6.45, 7) is 7.39. The Kier molecular flexibility index (Phi) is 5.59. The Bertz CT molecular complexity index is 1500. The number of nitrogens with zero attached hydrogens (tertiary/aromatic N) is 6. The van der Waals surface area contributed by atoms with Crippen molar-refractivity contribution >= 4 is 28.7 Å². The van der Waals surface area contributed by atoms with Crippen LogP contribution in [0.2, 0.25) is 0 Å². The van der Waals surface area contributed by atoms with Crippen molar-refractivity contribution in [2.24, 2.45) is 0 Å². The number of pyridine rings is 1. The van der Waals surface area contributed by atoms with E-state index in [1.807, 2.05) is 30.2 Å². The van der Waals surface area contributed by atoms with E-state index in [-0.39, 0.29) is 46.8 Å². The van der Waals surface area contributed by atoms with Crippen LogP contribution in [0.3, 0.4) is 0 Å². The van der Waals surface area contributed by atoms with Crippen molar-refractivity contribution in [1.29, 1.82) is 0 Å². The summed E-state index contributed by atoms with van der Waals surface area (Å²) in [4.78, 5) is 31.8. The van der Waals surface area contributed by atoms with Crippen LogP contribution in [0.4, 0.5) is 20.5 Å². The van der Waals surface area contributed by atoms with Crippen LogP contribution in [0.5, 0.6) is 0 Å². The normalized spacial score (nSPS) is 18.8. The van der Waals surface area contributed by atoms with Crippen LogP contribution in [0, 0.1) is 18.6 Å². The van der Waals surface area contributed by atoms with Gasteiger partial charge in [-0.2, -0.15) is 0 Å². The number of rotatable bonds is 5. The summed E-state index contributed by atoms with van der Waals surface area (Å²) < 4.78 is 31.6. The Morgan fingerprint density at radius 1 is 1.08 bits per heavy atom. The molecule has 2 aliphatic heterocycles. The summed E-state index contributed by atoms with van der Waals surface area (Å²) in [7, 11) is 0. The van der Waals surface area contributed by atoms with Crippen LogP contribution >= 0.6 is 0 Å². The number of imidazole rings is 1. The van der Waals surface area contributed by atoms with Gasteiger partial charge in [0, 0.05) is 43.0 Å². The Hall–Kier alpha value is -3.99. The maximum Gasteiger partial charge on any atom is 0.256 e. The van der Waals surface area contributed by atoms with Crippen LogP contribution < -0.4 is 10.6 Å². The molecule has 2 bridgehead atoms. The van der Waals surface area contributed by atoms with Crippen LogP contribution in [-0.4, -0.2) is 60.5 Å². The fourth-order valence-electron chi connectivity index (χ4n) is 5.36. The minimum atomic E-state index is -0.680. The molecule has 190 valence electrons. The largest absolute Gasteiger partial charge is 0.330 e. The van der Waals surface area contributed by atoms with Gasteiger partial charge in [-0.1, -0.05) is 0 Å². The predicted molar refractivity (Wildman–Crippen MR) is 135 cm³/mol. The molecule has 0 radical (unpaired) electrons. The van der Waals surface area contributed by atoms with Crippen molar-refractivity contribution in [3.63, 3.8) is 0 Å². The third-order valence-electron chi connectivity index (χ3n) is 7.03. The summed E-state index contributed by atoms with van der Waals surface area (Å²) in [6.07, 6.45) is 3.58. The van der Waals surface area contributed by atoms with Crippen molar-refractivity contribution in [2.45, 2.75) is 45.3 Å². The van der Waals surface area contributed by atoms with E-state index in [1.165, 1.54) is 12.3 Å². The van der Waals surface area contributed by atoms with Gasteiger partial charge >= 0.3 is 0 Å². The SMILES string of the molecule is Cc1nc2c(F)cc(-c3nc(Nc4ccc(C(=O)N5C6CNCC5C6)cn4)ncc3F)cc2n1C(C)C. The molecule has 2 unspecified atom stereocenters. The van der Waals surface area contributed by atoms with Gasteiger partial charge in [-0.15, -0.1) is 0 Å². The van der Waals surface area contributed by atoms with E-state index in [2.05, 4.69) is 30.6 Å². The number of piperidine rings is 1. The molecule has 2 aliphatic rings. The fraction of sp³-hybridized carbons (Fsp3) is 0.346. The number of aryl methyl sites for hydroxylation is 1. The third-order valence-corrected chi connectivity index (χ3v) is 7.03. The van der Waals surface area contributed by atoms with Gasteiger partial charge in [0.25, 0.3) is 5.91 Å². The van der Waals surface area contributed by atoms with E-state index in [4.69, 9.17) is 0 Å². The molecule has 1 aromatic carbocycles. The van der Waals surface area contributed by atoms with E-state index in [9.17, 15) is 13.6 Å². The lowest BCUT2D eigenvalue weighted by atomic mass is 9.88. The van der Waals surface area contributed by atoms with Crippen LogP contribution in [0.1, 0.15) is 42.5 Å². The van der Waals surface area contributed by atoms with Crippen molar-refractivity contribution in [3.8, 4) is 11.3 Å². The molecule has 2 N–H and O–H groups in total. The molecular weight excluding hydrogens is 478 g/mol. The van der Waals surface area contributed by atoms with Crippen molar-refractivity contribution in [3.05, 3.63) is 59.7 Å². The third kappa shape index (κ3) is 3.99. The Balaban J connectivity index is 1.26. The Labute approximate surface area is 212 Å². The number of amides is 1. The number of anilines is 2. The first-order valence-electron chi connectivity index (χ1n) is 12.3. The molecule has 0 spiro atoms. The molecule has 2 fully saturated rings. The van der Waals surface area contributed by atoms with Gasteiger partial charge in [0.15, 0.2) is 11.6 Å². The standard InChI is InChI=1S/C26H26F2N8O/c1-13(2)35-14(3)32-24-19(27)6-16(7-21(24)35)23-20(28)12-31-26(34-23)33-22-5-4-15(9-30-22)25(37)36-17-8-18(36)11-29-10-17/h4-7,9,12-13,17-18,29H,8,10-11H2,1-3H3,(H,30,31,33,34). The molecule has 1 amide bonds. The maximum absolute atomic E-state index is 14.9. The van der Waals surface area contributed by atoms with Gasteiger partial charge in [-0.3, -0.25) is 4.79 Å². The molecule has 2 saturated heterocycles. The van der Waals surface area contributed by atoms with E-state index in [1.54, 1.807) is 18.2 Å². The minimum absolute atomic E-state index is 0.0320. The second-order valence-corrected chi connectivity index (χ2v) is 9.81. The second kappa shape index (κ2) is 8.84. The predicted octanol–water partition coefficient (Wildman–Crippen LogP) is 3.99. The lowest BCUT2D eigenvalue weighted by Gasteiger charge is -2.53. The Morgan fingerprint density at radius 2 is 1.86 bits per heavy atom. The summed E-state index contributed by atoms with van der Waals surface area (Å²) in [6, 6.07) is 6.79. The first kappa shape index (κ1) is 23.4. The lowest BCUT2D eigenvalue weighted by molar-refractivity contribution is -0.00220. The van der Waals surface area contributed by atoms with Crippen LogP contribution in [-0.2, 0) is 0 Å². The highest BCUT2D eigenvalue weighted by molar-refractivity contribution is 5.95. The average molecular weight is 505 g/mol. The summed E-state index contributed by atoms with van der Waals surface area (Å²) in [5, 5.41) is 6.26. The van der Waals surface area contributed by atoms with Crippen molar-refractivity contribution in [1.82, 2.24) is 34.7 Å². The van der Waals surface area contributed by atoms with E-state index >= 15 is 0 Å². The summed E-state index contributed by atoms with van der Waals surface area (Å²) >= 11 is 0. The van der Waals surface area contributed by atoms with Crippen LogP contribution in [0.15, 0.2) is 36.7 Å². The monoisotopic (exact) mass is 504 g/mol. The molecule has 9 nitrogen and oxygen atoms in total. The highest BCUT2D eigenvalue weighted by atomic mass is 19.1. The molecule has 11 heteroatoms. The highest BCUT2D eigenvalue weighted by Crippen LogP contribution is 2.31. The number of hydrogen-bond donors (Lipinski definition) is 2. The van der Waals surface area contributed by atoms with Gasteiger partial charge < -0.3 is 20.1 Å². The topological polar surface area (TPSA) is 101 Å². The van der Waals surface area contributed by atoms with E-state index < -0.39 is 11.6 Å². The van der Waals surface area contributed by atoms with Gasteiger partial charge in [-0.25, -0.2) is 28.7 Å². The smallest absolute Gasteiger partial charge is 0.256 e. The molecule has 2 atom stereocenters. The van der Waals surface area contributed by atoms with Gasteiger partial charge in [0.2, 0.25) is 5.95 Å². The molecular formula is C26H26F2N8O. The van der Waals surface area contributed by atoms with Crippen molar-refractivity contribution in [2.75, 3.05) is 18.4 Å². The average Bonchev–Trinajstić information content (AvgIpc) is 3.22. The molecule has 37 heavy (non-hydrogen) atoms. The summed E-state index contributed by atoms with van der Waals surface area (Å²) in [5.41, 5.74) is 1.54. The minimum Gasteiger partial charge on any atom is -0.330 e. The number of piperazine rings is 1. The zero-order chi connectivity index (χ0) is 25.8.